The predicted molar refractivity (Wildman–Crippen MR) is 96.1 cm³/mol. The molecule has 0 spiro atoms. The number of anilines is 2. The van der Waals surface area contributed by atoms with Crippen molar-refractivity contribution in [2.75, 3.05) is 30.9 Å². The number of benzene rings is 1. The van der Waals surface area contributed by atoms with Gasteiger partial charge in [-0.25, -0.2) is 9.78 Å². The summed E-state index contributed by atoms with van der Waals surface area (Å²) in [6, 6.07) is 7.20. The van der Waals surface area contributed by atoms with Crippen LogP contribution < -0.4 is 10.2 Å². The SMILES string of the molecule is C=CCOC(=O)c1sc(NC(=O)c2ccc(N(C)C)cc2)nc1C. The topological polar surface area (TPSA) is 71.5 Å². The molecule has 0 aliphatic carbocycles. The number of carbonyl (C=O) groups is 2. The summed E-state index contributed by atoms with van der Waals surface area (Å²) in [5.74, 6) is -0.749. The first-order valence-corrected chi connectivity index (χ1v) is 8.08. The smallest absolute Gasteiger partial charge is 0.350 e. The molecule has 1 aromatic carbocycles. The Kier molecular flexibility index (Phi) is 5.70. The summed E-state index contributed by atoms with van der Waals surface area (Å²) in [7, 11) is 3.86. The maximum Gasteiger partial charge on any atom is 0.350 e. The molecule has 1 heterocycles. The Bertz CT molecular complexity index is 751. The molecule has 0 atom stereocenters. The van der Waals surface area contributed by atoms with Crippen LogP contribution in [0.4, 0.5) is 10.8 Å². The van der Waals surface area contributed by atoms with Crippen LogP contribution in [0.15, 0.2) is 36.9 Å². The zero-order valence-corrected chi connectivity index (χ0v) is 14.6. The van der Waals surface area contributed by atoms with Crippen LogP contribution in [0.3, 0.4) is 0 Å². The van der Waals surface area contributed by atoms with Crippen molar-refractivity contribution in [1.29, 1.82) is 0 Å². The van der Waals surface area contributed by atoms with E-state index in [0.29, 0.717) is 21.3 Å². The second kappa shape index (κ2) is 7.74. The third kappa shape index (κ3) is 4.20. The molecule has 0 unspecified atom stereocenters. The average Bonchev–Trinajstić information content (AvgIpc) is 2.93. The lowest BCUT2D eigenvalue weighted by Crippen LogP contribution is -2.13. The highest BCUT2D eigenvalue weighted by molar-refractivity contribution is 7.17. The summed E-state index contributed by atoms with van der Waals surface area (Å²) >= 11 is 1.09. The Morgan fingerprint density at radius 3 is 2.58 bits per heavy atom. The first kappa shape index (κ1) is 17.7. The number of esters is 1. The van der Waals surface area contributed by atoms with Crippen molar-refractivity contribution in [2.45, 2.75) is 6.92 Å². The van der Waals surface area contributed by atoms with Gasteiger partial charge in [0.25, 0.3) is 5.91 Å². The van der Waals surface area contributed by atoms with E-state index in [1.165, 1.54) is 6.08 Å². The van der Waals surface area contributed by atoms with Crippen molar-refractivity contribution in [1.82, 2.24) is 4.98 Å². The molecule has 0 radical (unpaired) electrons. The minimum Gasteiger partial charge on any atom is -0.457 e. The van der Waals surface area contributed by atoms with Crippen LogP contribution in [0.2, 0.25) is 0 Å². The molecule has 0 aliphatic rings. The second-order valence-corrected chi connectivity index (χ2v) is 6.22. The highest BCUT2D eigenvalue weighted by Gasteiger charge is 2.18. The van der Waals surface area contributed by atoms with Gasteiger partial charge in [0, 0.05) is 25.3 Å². The van der Waals surface area contributed by atoms with Gasteiger partial charge in [-0.15, -0.1) is 0 Å². The van der Waals surface area contributed by atoms with E-state index in [4.69, 9.17) is 4.74 Å². The van der Waals surface area contributed by atoms with Gasteiger partial charge in [-0.3, -0.25) is 10.1 Å². The number of thiazole rings is 1. The van der Waals surface area contributed by atoms with Gasteiger partial charge >= 0.3 is 5.97 Å². The first-order valence-electron chi connectivity index (χ1n) is 7.26. The fourth-order valence-electron chi connectivity index (χ4n) is 1.92. The summed E-state index contributed by atoms with van der Waals surface area (Å²) in [5, 5.41) is 3.07. The number of aromatic nitrogens is 1. The lowest BCUT2D eigenvalue weighted by atomic mass is 10.2. The highest BCUT2D eigenvalue weighted by Crippen LogP contribution is 2.24. The number of hydrogen-bond acceptors (Lipinski definition) is 6. The molecule has 1 N–H and O–H groups in total. The molecule has 0 aliphatic heterocycles. The third-order valence-electron chi connectivity index (χ3n) is 3.18. The van der Waals surface area contributed by atoms with E-state index in [9.17, 15) is 9.59 Å². The maximum atomic E-state index is 12.3. The minimum absolute atomic E-state index is 0.135. The molecule has 0 saturated carbocycles. The quantitative estimate of drug-likeness (QED) is 0.643. The molecule has 2 rings (SSSR count). The van der Waals surface area contributed by atoms with Crippen LogP contribution >= 0.6 is 11.3 Å². The summed E-state index contributed by atoms with van der Waals surface area (Å²) < 4.78 is 4.99. The van der Waals surface area contributed by atoms with Crippen LogP contribution in [-0.4, -0.2) is 37.6 Å². The normalized spacial score (nSPS) is 10.1. The molecule has 24 heavy (non-hydrogen) atoms. The Morgan fingerprint density at radius 2 is 2.00 bits per heavy atom. The zero-order valence-electron chi connectivity index (χ0n) is 13.8. The van der Waals surface area contributed by atoms with Crippen molar-refractivity contribution in [3.05, 3.63) is 53.1 Å². The van der Waals surface area contributed by atoms with Crippen molar-refractivity contribution in [2.24, 2.45) is 0 Å². The van der Waals surface area contributed by atoms with Crippen molar-refractivity contribution in [3.63, 3.8) is 0 Å². The predicted octanol–water partition coefficient (Wildman–Crippen LogP) is 3.11. The van der Waals surface area contributed by atoms with Crippen molar-refractivity contribution < 1.29 is 14.3 Å². The number of rotatable bonds is 6. The van der Waals surface area contributed by atoms with Gasteiger partial charge in [0.05, 0.1) is 5.69 Å². The van der Waals surface area contributed by atoms with Crippen molar-refractivity contribution >= 4 is 34.0 Å². The van der Waals surface area contributed by atoms with Crippen LogP contribution in [0, 0.1) is 6.92 Å². The molecule has 1 amide bonds. The molecule has 0 fully saturated rings. The van der Waals surface area contributed by atoms with E-state index < -0.39 is 5.97 Å². The molecule has 2 aromatic rings. The van der Waals surface area contributed by atoms with E-state index in [1.54, 1.807) is 19.1 Å². The highest BCUT2D eigenvalue weighted by atomic mass is 32.1. The number of nitrogens with zero attached hydrogens (tertiary/aromatic N) is 2. The molecule has 0 bridgehead atoms. The minimum atomic E-state index is -0.472. The number of carbonyl (C=O) groups excluding carboxylic acids is 2. The van der Waals surface area contributed by atoms with Gasteiger partial charge in [0.2, 0.25) is 0 Å². The molecule has 1 aromatic heterocycles. The summed E-state index contributed by atoms with van der Waals surface area (Å²) in [6.07, 6.45) is 1.49. The summed E-state index contributed by atoms with van der Waals surface area (Å²) in [4.78, 5) is 30.7. The van der Waals surface area contributed by atoms with E-state index in [-0.39, 0.29) is 12.5 Å². The van der Waals surface area contributed by atoms with Gasteiger partial charge in [-0.05, 0) is 31.2 Å². The fourth-order valence-corrected chi connectivity index (χ4v) is 2.77. The van der Waals surface area contributed by atoms with E-state index in [1.807, 2.05) is 31.1 Å². The Balaban J connectivity index is 2.09. The molecule has 0 saturated heterocycles. The molecular formula is C17H19N3O3S. The number of nitrogens with one attached hydrogen (secondary N) is 1. The monoisotopic (exact) mass is 345 g/mol. The number of ether oxygens (including phenoxy) is 1. The van der Waals surface area contributed by atoms with Gasteiger partial charge in [-0.2, -0.15) is 0 Å². The van der Waals surface area contributed by atoms with Gasteiger partial charge < -0.3 is 9.64 Å². The third-order valence-corrected chi connectivity index (χ3v) is 4.23. The number of hydrogen-bond donors (Lipinski definition) is 1. The summed E-state index contributed by atoms with van der Waals surface area (Å²) in [6.45, 7) is 5.33. The molecule has 7 heteroatoms. The van der Waals surface area contributed by atoms with Crippen molar-refractivity contribution in [3.8, 4) is 0 Å². The lowest BCUT2D eigenvalue weighted by Gasteiger charge is -2.12. The van der Waals surface area contributed by atoms with Crippen LogP contribution in [-0.2, 0) is 4.74 Å². The Labute approximate surface area is 144 Å². The van der Waals surface area contributed by atoms with Crippen LogP contribution in [0.5, 0.6) is 0 Å². The largest absolute Gasteiger partial charge is 0.457 e. The Morgan fingerprint density at radius 1 is 1.33 bits per heavy atom. The van der Waals surface area contributed by atoms with E-state index in [2.05, 4.69) is 16.9 Å². The molecule has 126 valence electrons. The Hall–Kier alpha value is -2.67. The standard InChI is InChI=1S/C17H19N3O3S/c1-5-10-23-16(22)14-11(2)18-17(24-14)19-15(21)12-6-8-13(9-7-12)20(3)4/h5-9H,1,10H2,2-4H3,(H,18,19,21). The number of aryl methyl sites for hydroxylation is 1. The average molecular weight is 345 g/mol. The van der Waals surface area contributed by atoms with Gasteiger partial charge in [0.1, 0.15) is 11.5 Å². The van der Waals surface area contributed by atoms with Gasteiger partial charge in [0.15, 0.2) is 5.13 Å². The van der Waals surface area contributed by atoms with Gasteiger partial charge in [-0.1, -0.05) is 24.0 Å². The van der Waals surface area contributed by atoms with E-state index >= 15 is 0 Å². The number of amides is 1. The van der Waals surface area contributed by atoms with Crippen LogP contribution in [0.1, 0.15) is 25.7 Å². The molecule has 6 nitrogen and oxygen atoms in total. The van der Waals surface area contributed by atoms with Crippen LogP contribution in [0.25, 0.3) is 0 Å². The summed E-state index contributed by atoms with van der Waals surface area (Å²) in [5.41, 5.74) is 2.04. The maximum absolute atomic E-state index is 12.3. The lowest BCUT2D eigenvalue weighted by molar-refractivity contribution is 0.0554. The first-order chi connectivity index (χ1) is 11.4. The zero-order chi connectivity index (χ0) is 17.7. The molecular weight excluding hydrogens is 326 g/mol. The van der Waals surface area contributed by atoms with E-state index in [0.717, 1.165) is 17.0 Å². The fraction of sp³-hybridized carbons (Fsp3) is 0.235. The second-order valence-electron chi connectivity index (χ2n) is 5.22.